The first-order chi connectivity index (χ1) is 65.6. The lowest BCUT2D eigenvalue weighted by molar-refractivity contribution is -0.143. The third-order valence-electron chi connectivity index (χ3n) is 23.0. The Bertz CT molecular complexity index is 4520. The number of H-pyrrole nitrogens is 1. The van der Waals surface area contributed by atoms with Crippen LogP contribution in [0.1, 0.15) is 224 Å². The molecule has 19 atom stereocenters. The molecule has 140 heavy (non-hydrogen) atoms. The number of phenolic OH excluding ortho intramolecular Hbond substituents is 1. The number of unbranched alkanes of at least 4 members (excludes halogenated alkanes) is 1. The fourth-order valence-corrected chi connectivity index (χ4v) is 14.3. The van der Waals surface area contributed by atoms with Crippen molar-refractivity contribution in [1.29, 1.82) is 5.41 Å². The van der Waals surface area contributed by atoms with Gasteiger partial charge in [0.15, 0.2) is 5.96 Å². The van der Waals surface area contributed by atoms with Crippen LogP contribution in [0.25, 0.3) is 0 Å². The molecule has 0 spiro atoms. The van der Waals surface area contributed by atoms with Crippen molar-refractivity contribution in [2.75, 3.05) is 13.1 Å². The Morgan fingerprint density at radius 1 is 0.371 bits per heavy atom. The van der Waals surface area contributed by atoms with E-state index in [4.69, 9.17) is 34.1 Å². The number of hydrogen-bond acceptors (Lipinski definition) is 26. The van der Waals surface area contributed by atoms with Crippen LogP contribution in [0.15, 0.2) is 36.8 Å². The molecule has 50 nitrogen and oxygen atoms in total. The van der Waals surface area contributed by atoms with Crippen molar-refractivity contribution in [2.24, 2.45) is 70.1 Å². The van der Waals surface area contributed by atoms with Gasteiger partial charge in [-0.25, -0.2) is 9.78 Å². The fraction of sp³-hybridized carbons (Fsp3) is 0.656. The number of imidazole rings is 1. The summed E-state index contributed by atoms with van der Waals surface area (Å²) in [7, 11) is 0. The number of primary amides is 2. The molecule has 0 saturated heterocycles. The molecule has 17 amide bonds. The Morgan fingerprint density at radius 3 is 1.09 bits per heavy atom. The highest BCUT2D eigenvalue weighted by Crippen LogP contribution is 2.21. The van der Waals surface area contributed by atoms with Crippen LogP contribution in [-0.2, 0) is 114 Å². The zero-order valence-corrected chi connectivity index (χ0v) is 81.9. The number of aromatic nitrogens is 2. The molecule has 0 radical (unpaired) electrons. The minimum atomic E-state index is -2.10. The van der Waals surface area contributed by atoms with Gasteiger partial charge in [-0.15, -0.1) is 0 Å². The third-order valence-corrected chi connectivity index (χ3v) is 23.0. The summed E-state index contributed by atoms with van der Waals surface area (Å²) >= 11 is 0. The van der Waals surface area contributed by atoms with Crippen LogP contribution in [0.5, 0.6) is 5.75 Å². The average Bonchev–Trinajstić information content (AvgIpc) is 1.02. The number of hydrogen-bond donors (Lipinski definition) is 28. The second-order valence-electron chi connectivity index (χ2n) is 36.4. The zero-order chi connectivity index (χ0) is 106. The Morgan fingerprint density at radius 2 is 0.700 bits per heavy atom. The summed E-state index contributed by atoms with van der Waals surface area (Å²) in [6, 6.07) is -20.9. The molecule has 784 valence electrons. The number of amides is 17. The topological polar surface area (TPSA) is 835 Å². The highest BCUT2D eigenvalue weighted by atomic mass is 16.4. The van der Waals surface area contributed by atoms with Gasteiger partial charge in [-0.05, 0) is 123 Å². The zero-order valence-electron chi connectivity index (χ0n) is 81.9. The molecule has 2 aromatic rings. The molecule has 33 N–H and O–H groups in total. The molecule has 0 bridgehead atoms. The summed E-state index contributed by atoms with van der Waals surface area (Å²) in [4.78, 5) is 297. The molecule has 0 aliphatic rings. The summed E-state index contributed by atoms with van der Waals surface area (Å²) in [5.41, 5.74) is 28.4. The normalized spacial score (nSPS) is 15.3. The van der Waals surface area contributed by atoms with Gasteiger partial charge < -0.3 is 144 Å². The van der Waals surface area contributed by atoms with Gasteiger partial charge in [0, 0.05) is 50.5 Å². The van der Waals surface area contributed by atoms with Crippen molar-refractivity contribution in [3.8, 4) is 5.75 Å². The van der Waals surface area contributed by atoms with Crippen molar-refractivity contribution >= 4 is 130 Å². The maximum absolute atomic E-state index is 15.0. The number of aromatic hydroxyl groups is 1. The second-order valence-corrected chi connectivity index (χ2v) is 36.4. The third kappa shape index (κ3) is 45.3. The predicted molar refractivity (Wildman–Crippen MR) is 506 cm³/mol. The maximum Gasteiger partial charge on any atom is 0.326 e. The molecule has 1 aromatic carbocycles. The molecular formula is C90H148N24O26. The van der Waals surface area contributed by atoms with Gasteiger partial charge in [-0.1, -0.05) is 135 Å². The number of aliphatic carboxylic acids is 4. The smallest absolute Gasteiger partial charge is 0.326 e. The SMILES string of the molecule is CC[C@H](C)[C@H](NC(=O)[C@H](Cc1ccc(O)cc1)NC(=O)[C@H](CC(=O)O)NC(=O)[C@@H](NC(=O)[C@@H](NC(=O)[C@H](Cc1cnc[nH]1)NC(=O)[C@H](CCC(N)=O)NC(=O)[C@H](CC(C)C)NC(=O)[C@@H](NC(=O)[C@H](CCC(=O)O)NC(=O)[C@@H](NC(=O)[C@@H](N)CCCCN)C(C)C)[C@@H](C)CC)C(C)C)[C@@H](C)CC)C(=O)N[C@@H](CCCNC(=N)N)C(=O)N[C@@H](CC(=O)O)C(=O)N[C@@H](CC(C)C)C(=O)N[C@@H](CCC(N)=O)C(=O)O. The lowest BCUT2D eigenvalue weighted by Gasteiger charge is -2.31. The van der Waals surface area contributed by atoms with Crippen LogP contribution in [-0.4, -0.2) is 276 Å². The van der Waals surface area contributed by atoms with Gasteiger partial charge >= 0.3 is 23.9 Å². The van der Waals surface area contributed by atoms with Gasteiger partial charge in [-0.2, -0.15) is 0 Å². The average molecular weight is 1980 g/mol. The quantitative estimate of drug-likeness (QED) is 0.0170. The molecule has 0 aliphatic heterocycles. The Kier molecular flexibility index (Phi) is 54.4. The van der Waals surface area contributed by atoms with Crippen LogP contribution in [0.3, 0.4) is 0 Å². The largest absolute Gasteiger partial charge is 0.508 e. The van der Waals surface area contributed by atoms with E-state index in [9.17, 15) is 126 Å². The van der Waals surface area contributed by atoms with Crippen molar-refractivity contribution in [3.05, 3.63) is 48.0 Å². The van der Waals surface area contributed by atoms with Crippen molar-refractivity contribution < 1.29 is 126 Å². The number of carboxylic acids is 4. The number of rotatable bonds is 68. The van der Waals surface area contributed by atoms with Gasteiger partial charge in [-0.3, -0.25) is 101 Å². The van der Waals surface area contributed by atoms with Crippen molar-refractivity contribution in [1.82, 2.24) is 95.0 Å². The minimum Gasteiger partial charge on any atom is -0.508 e. The molecular weight excluding hydrogens is 1830 g/mol. The van der Waals surface area contributed by atoms with E-state index in [0.29, 0.717) is 19.4 Å². The molecule has 0 fully saturated rings. The highest BCUT2D eigenvalue weighted by Gasteiger charge is 2.43. The van der Waals surface area contributed by atoms with Gasteiger partial charge in [0.05, 0.1) is 25.2 Å². The first kappa shape index (κ1) is 122. The number of carbonyl (C=O) groups excluding carboxylic acids is 17. The monoisotopic (exact) mass is 1980 g/mol. The number of nitrogens with two attached hydrogens (primary N) is 5. The minimum absolute atomic E-state index is 0.0713. The van der Waals surface area contributed by atoms with E-state index in [1.165, 1.54) is 64.5 Å². The van der Waals surface area contributed by atoms with Crippen LogP contribution < -0.4 is 114 Å². The fourth-order valence-electron chi connectivity index (χ4n) is 14.3. The molecule has 0 aliphatic carbocycles. The lowest BCUT2D eigenvalue weighted by atomic mass is 9.95. The summed E-state index contributed by atoms with van der Waals surface area (Å²) < 4.78 is 0. The van der Waals surface area contributed by atoms with Crippen LogP contribution in [0.4, 0.5) is 0 Å². The molecule has 0 saturated carbocycles. The first-order valence-corrected chi connectivity index (χ1v) is 46.9. The van der Waals surface area contributed by atoms with E-state index in [0.717, 1.165) is 0 Å². The number of phenols is 1. The summed E-state index contributed by atoms with van der Waals surface area (Å²) in [6.07, 6.45) is -2.67. The van der Waals surface area contributed by atoms with E-state index in [-0.39, 0.29) is 86.8 Å². The summed E-state index contributed by atoms with van der Waals surface area (Å²) in [5, 5.41) is 97.8. The van der Waals surface area contributed by atoms with Crippen LogP contribution >= 0.6 is 0 Å². The molecule has 1 heterocycles. The standard InChI is InChI=1S/C90H148N24O26/c1-15-47(12)71(86(136)101-54(22-20-34-98-90(95)96)75(125)107-62(39-67(120)121)80(130)104-58(35-43(4)5)79(129)103-57(89(139)140)28-31-65(94)117)113-82(132)60(37-50-23-25-52(115)26-24-50)105-81(131)63(40-68(122)123)109-88(138)73(49(14)17-3)114-85(135)70(46(10)11)111-83(133)61(38-51-41-97-42-99-51)106-76(126)55(27-30-64(93)116)100-78(128)59(36-44(6)7)108-87(137)72(48(13)16-2)112-77(127)56(29-32-66(118)119)102-84(134)69(45(8)9)110-74(124)53(92)21-18-19-33-91/h23-26,41-49,53-63,69-73,115H,15-22,27-40,91-92H2,1-14H3,(H2,93,116)(H2,94,117)(H,97,99)(H,100,128)(H,101,136)(H,102,134)(H,103,129)(H,104,130)(H,105,131)(H,106,126)(H,107,125)(H,108,137)(H,109,138)(H,110,124)(H,111,133)(H,112,127)(H,113,132)(H,114,135)(H,118,119)(H,120,121)(H,122,123)(H,139,140)(H4,95,96,98)/t47-,48-,49-,53-,54-,55-,56-,57-,58-,59-,60-,61-,62-,63-,69-,70-,71-,72-,73-/m0/s1. The second kappa shape index (κ2) is 62.3. The number of guanidine groups is 1. The Labute approximate surface area is 812 Å². The number of nitrogens with one attached hydrogen (secondary N) is 18. The first-order valence-electron chi connectivity index (χ1n) is 46.9. The molecule has 2 rings (SSSR count). The van der Waals surface area contributed by atoms with E-state index >= 15 is 0 Å². The van der Waals surface area contributed by atoms with E-state index < -0.39 is 321 Å². The highest BCUT2D eigenvalue weighted by molar-refractivity contribution is 6.02. The molecule has 50 heteroatoms. The predicted octanol–water partition coefficient (Wildman–Crippen LogP) is -4.14. The van der Waals surface area contributed by atoms with Crippen LogP contribution in [0.2, 0.25) is 0 Å². The molecule has 1 aromatic heterocycles. The molecule has 0 unspecified atom stereocenters. The number of nitrogens with zero attached hydrogens (tertiary/aromatic N) is 1. The number of aromatic amines is 1. The summed E-state index contributed by atoms with van der Waals surface area (Å²) in [6.45, 7) is 22.7. The number of benzene rings is 1. The van der Waals surface area contributed by atoms with E-state index in [2.05, 4.69) is 95.0 Å². The van der Waals surface area contributed by atoms with Gasteiger partial charge in [0.25, 0.3) is 0 Å². The van der Waals surface area contributed by atoms with E-state index in [1.54, 1.807) is 69.2 Å². The maximum atomic E-state index is 15.0. The van der Waals surface area contributed by atoms with Crippen molar-refractivity contribution in [2.45, 2.75) is 322 Å². The summed E-state index contributed by atoms with van der Waals surface area (Å²) in [5.74, 6) is -29.4. The van der Waals surface area contributed by atoms with Gasteiger partial charge in [0.1, 0.15) is 96.4 Å². The Balaban J connectivity index is 2.68. The van der Waals surface area contributed by atoms with E-state index in [1.807, 2.05) is 0 Å². The van der Waals surface area contributed by atoms with Crippen molar-refractivity contribution in [3.63, 3.8) is 0 Å². The lowest BCUT2D eigenvalue weighted by Crippen LogP contribution is -2.63. The number of carboxylic acid groups (broad SMARTS) is 4. The Hall–Kier alpha value is -13.7. The van der Waals surface area contributed by atoms with Gasteiger partial charge in [0.2, 0.25) is 100 Å². The van der Waals surface area contributed by atoms with Crippen LogP contribution in [0, 0.1) is 46.8 Å². The number of carbonyl (C=O) groups is 21.